The summed E-state index contributed by atoms with van der Waals surface area (Å²) in [5, 5.41) is 2.73. The molecule has 1 saturated heterocycles. The second-order valence-electron chi connectivity index (χ2n) is 2.30. The number of rotatable bonds is 0. The number of hydrogen-bond acceptors (Lipinski definition) is 2. The topological polar surface area (TPSA) is 29.1 Å². The van der Waals surface area contributed by atoms with Crippen LogP contribution >= 0.6 is 11.8 Å². The van der Waals surface area contributed by atoms with Crippen molar-refractivity contribution in [2.45, 2.75) is 18.6 Å². The average Bonchev–Trinajstić information content (AvgIpc) is 1.86. The van der Waals surface area contributed by atoms with E-state index in [1.807, 2.05) is 13.8 Å². The zero-order valence-corrected chi connectivity index (χ0v) is 5.84. The van der Waals surface area contributed by atoms with Gasteiger partial charge in [0.25, 0.3) is 0 Å². The highest BCUT2D eigenvalue weighted by Crippen LogP contribution is 2.27. The summed E-state index contributed by atoms with van der Waals surface area (Å²) in [5.41, 5.74) is 0. The van der Waals surface area contributed by atoms with Gasteiger partial charge in [-0.25, -0.2) is 0 Å². The van der Waals surface area contributed by atoms with Gasteiger partial charge in [-0.2, -0.15) is 0 Å². The van der Waals surface area contributed by atoms with Crippen LogP contribution in [0.4, 0.5) is 0 Å². The van der Waals surface area contributed by atoms with Crippen LogP contribution in [0.1, 0.15) is 13.8 Å². The second-order valence-corrected chi connectivity index (χ2v) is 3.90. The molecule has 1 heterocycles. The Hall–Kier alpha value is -0.180. The lowest BCUT2D eigenvalue weighted by Crippen LogP contribution is -2.29. The fourth-order valence-corrected chi connectivity index (χ4v) is 1.33. The van der Waals surface area contributed by atoms with Gasteiger partial charge in [-0.05, 0) is 13.8 Å². The number of thioether (sulfide) groups is 1. The summed E-state index contributed by atoms with van der Waals surface area (Å²) >= 11 is 1.65. The summed E-state index contributed by atoms with van der Waals surface area (Å²) in [6.45, 7) is 3.86. The van der Waals surface area contributed by atoms with E-state index in [1.165, 1.54) is 0 Å². The molecule has 46 valence electrons. The SMILES string of the molecule is CC1(C)SCNC1=O. The highest BCUT2D eigenvalue weighted by Gasteiger charge is 2.32. The molecular formula is C5H9NOS. The van der Waals surface area contributed by atoms with Crippen LogP contribution in [-0.4, -0.2) is 16.5 Å². The number of nitrogens with one attached hydrogen (secondary N) is 1. The molecule has 1 N–H and O–H groups in total. The maximum atomic E-state index is 10.8. The summed E-state index contributed by atoms with van der Waals surface area (Å²) in [7, 11) is 0. The number of carbonyl (C=O) groups is 1. The van der Waals surface area contributed by atoms with E-state index in [4.69, 9.17) is 0 Å². The molecule has 0 aromatic rings. The summed E-state index contributed by atoms with van der Waals surface area (Å²) in [5.74, 6) is 0.925. The lowest BCUT2D eigenvalue weighted by molar-refractivity contribution is -0.121. The van der Waals surface area contributed by atoms with Crippen LogP contribution in [0.25, 0.3) is 0 Å². The van der Waals surface area contributed by atoms with Gasteiger partial charge in [-0.15, -0.1) is 11.8 Å². The number of amides is 1. The van der Waals surface area contributed by atoms with Crippen LogP contribution in [0.2, 0.25) is 0 Å². The van der Waals surface area contributed by atoms with E-state index in [9.17, 15) is 4.79 Å². The van der Waals surface area contributed by atoms with Gasteiger partial charge < -0.3 is 5.32 Å². The van der Waals surface area contributed by atoms with Crippen LogP contribution < -0.4 is 5.32 Å². The zero-order valence-electron chi connectivity index (χ0n) is 5.02. The predicted molar refractivity (Wildman–Crippen MR) is 34.7 cm³/mol. The van der Waals surface area contributed by atoms with E-state index in [0.29, 0.717) is 0 Å². The smallest absolute Gasteiger partial charge is 0.236 e. The standard InChI is InChI=1S/C5H9NOS/c1-5(2)4(7)6-3-8-5/h3H2,1-2H3,(H,6,7). The molecular weight excluding hydrogens is 122 g/mol. The van der Waals surface area contributed by atoms with E-state index < -0.39 is 0 Å². The summed E-state index contributed by atoms with van der Waals surface area (Å²) in [6, 6.07) is 0. The first-order chi connectivity index (χ1) is 3.63. The minimum atomic E-state index is -0.181. The molecule has 0 radical (unpaired) electrons. The van der Waals surface area contributed by atoms with Gasteiger partial charge in [0, 0.05) is 0 Å². The Kier molecular flexibility index (Phi) is 1.23. The number of carbonyl (C=O) groups excluding carboxylic acids is 1. The molecule has 0 spiro atoms. The first kappa shape index (κ1) is 5.95. The highest BCUT2D eigenvalue weighted by molar-refractivity contribution is 8.01. The van der Waals surface area contributed by atoms with Gasteiger partial charge in [0.15, 0.2) is 0 Å². The van der Waals surface area contributed by atoms with Crippen molar-refractivity contribution in [3.8, 4) is 0 Å². The van der Waals surface area contributed by atoms with Crippen molar-refractivity contribution in [3.05, 3.63) is 0 Å². The molecule has 0 saturated carbocycles. The maximum absolute atomic E-state index is 10.8. The van der Waals surface area contributed by atoms with Crippen LogP contribution in [0.5, 0.6) is 0 Å². The van der Waals surface area contributed by atoms with E-state index >= 15 is 0 Å². The van der Waals surface area contributed by atoms with Gasteiger partial charge in [0.2, 0.25) is 5.91 Å². The van der Waals surface area contributed by atoms with E-state index in [2.05, 4.69) is 5.32 Å². The van der Waals surface area contributed by atoms with Crippen LogP contribution in [0.15, 0.2) is 0 Å². The lowest BCUT2D eigenvalue weighted by Gasteiger charge is -2.09. The third-order valence-electron chi connectivity index (χ3n) is 1.21. The molecule has 8 heavy (non-hydrogen) atoms. The zero-order chi connectivity index (χ0) is 6.20. The van der Waals surface area contributed by atoms with Crippen molar-refractivity contribution in [2.24, 2.45) is 0 Å². The molecule has 2 nitrogen and oxygen atoms in total. The van der Waals surface area contributed by atoms with Crippen molar-refractivity contribution in [1.82, 2.24) is 5.32 Å². The Balaban J connectivity index is 2.68. The normalized spacial score (nSPS) is 25.5. The third kappa shape index (κ3) is 0.823. The summed E-state index contributed by atoms with van der Waals surface area (Å²) < 4.78 is -0.181. The maximum Gasteiger partial charge on any atom is 0.236 e. The highest BCUT2D eigenvalue weighted by atomic mass is 32.2. The Morgan fingerprint density at radius 2 is 2.38 bits per heavy atom. The first-order valence-corrected chi connectivity index (χ1v) is 3.54. The predicted octanol–water partition coefficient (Wildman–Crippen LogP) is 0.585. The summed E-state index contributed by atoms with van der Waals surface area (Å²) in [6.07, 6.45) is 0. The van der Waals surface area contributed by atoms with Crippen molar-refractivity contribution in [2.75, 3.05) is 5.88 Å². The molecule has 0 bridgehead atoms. The fraction of sp³-hybridized carbons (Fsp3) is 0.800. The lowest BCUT2D eigenvalue weighted by atomic mass is 10.2. The van der Waals surface area contributed by atoms with Gasteiger partial charge in [-0.3, -0.25) is 4.79 Å². The Morgan fingerprint density at radius 1 is 1.75 bits per heavy atom. The number of hydrogen-bond donors (Lipinski definition) is 1. The minimum Gasteiger partial charge on any atom is -0.346 e. The third-order valence-corrected chi connectivity index (χ3v) is 2.41. The van der Waals surface area contributed by atoms with Crippen LogP contribution in [-0.2, 0) is 4.79 Å². The average molecular weight is 131 g/mol. The van der Waals surface area contributed by atoms with E-state index in [-0.39, 0.29) is 10.7 Å². The van der Waals surface area contributed by atoms with Crippen molar-refractivity contribution >= 4 is 17.7 Å². The van der Waals surface area contributed by atoms with Crippen molar-refractivity contribution in [3.63, 3.8) is 0 Å². The van der Waals surface area contributed by atoms with E-state index in [0.717, 1.165) is 5.88 Å². The Bertz CT molecular complexity index is 122. The molecule has 0 aromatic heterocycles. The van der Waals surface area contributed by atoms with Gasteiger partial charge in [0.1, 0.15) is 0 Å². The van der Waals surface area contributed by atoms with Gasteiger partial charge >= 0.3 is 0 Å². The molecule has 1 aliphatic rings. The molecule has 0 aliphatic carbocycles. The molecule has 1 amide bonds. The first-order valence-electron chi connectivity index (χ1n) is 2.55. The summed E-state index contributed by atoms with van der Waals surface area (Å²) in [4.78, 5) is 10.8. The largest absolute Gasteiger partial charge is 0.346 e. The molecule has 0 atom stereocenters. The Morgan fingerprint density at radius 3 is 2.50 bits per heavy atom. The van der Waals surface area contributed by atoms with Gasteiger partial charge in [0.05, 0.1) is 10.6 Å². The second kappa shape index (κ2) is 1.65. The molecule has 1 fully saturated rings. The fourth-order valence-electron chi connectivity index (χ4n) is 0.560. The molecule has 1 rings (SSSR count). The minimum absolute atomic E-state index is 0.155. The van der Waals surface area contributed by atoms with Crippen molar-refractivity contribution in [1.29, 1.82) is 0 Å². The Labute approximate surface area is 53.0 Å². The molecule has 3 heteroatoms. The quantitative estimate of drug-likeness (QED) is 0.521. The van der Waals surface area contributed by atoms with Crippen LogP contribution in [0, 0.1) is 0 Å². The molecule has 1 aliphatic heterocycles. The van der Waals surface area contributed by atoms with Crippen molar-refractivity contribution < 1.29 is 4.79 Å². The van der Waals surface area contributed by atoms with E-state index in [1.54, 1.807) is 11.8 Å². The monoisotopic (exact) mass is 131 g/mol. The molecule has 0 unspecified atom stereocenters. The molecule has 0 aromatic carbocycles. The van der Waals surface area contributed by atoms with Crippen LogP contribution in [0.3, 0.4) is 0 Å². The van der Waals surface area contributed by atoms with Gasteiger partial charge in [-0.1, -0.05) is 0 Å².